The molecule has 2 N–H and O–H groups in total. The first-order chi connectivity index (χ1) is 8.78. The van der Waals surface area contributed by atoms with Crippen LogP contribution in [0.15, 0.2) is 9.31 Å². The molecule has 0 bridgehead atoms. The van der Waals surface area contributed by atoms with Crippen molar-refractivity contribution in [3.8, 4) is 0 Å². The summed E-state index contributed by atoms with van der Waals surface area (Å²) in [5.74, 6) is 1.79. The maximum absolute atomic E-state index is 12.7. The van der Waals surface area contributed by atoms with E-state index in [9.17, 15) is 8.42 Å². The Hall–Kier alpha value is -0.850. The Morgan fingerprint density at radius 3 is 2.21 bits per heavy atom. The topological polar surface area (TPSA) is 76.5 Å². The Bertz CT molecular complexity index is 567. The van der Waals surface area contributed by atoms with Crippen LogP contribution < -0.4 is 5.73 Å². The lowest BCUT2D eigenvalue weighted by Gasteiger charge is -2.16. The molecule has 1 aromatic heterocycles. The maximum Gasteiger partial charge on any atom is 0.246 e. The smallest absolute Gasteiger partial charge is 0.246 e. The van der Waals surface area contributed by atoms with Gasteiger partial charge in [-0.1, -0.05) is 13.8 Å². The van der Waals surface area contributed by atoms with E-state index in [-0.39, 0.29) is 11.4 Å². The summed E-state index contributed by atoms with van der Waals surface area (Å²) in [6.07, 6.45) is 0. The summed E-state index contributed by atoms with van der Waals surface area (Å²) in [4.78, 5) is 0.272. The van der Waals surface area contributed by atoms with Crippen molar-refractivity contribution in [3.63, 3.8) is 0 Å². The molecule has 0 radical (unpaired) electrons. The molecule has 1 saturated heterocycles. The Kier molecular flexibility index (Phi) is 3.77. The third-order valence-electron chi connectivity index (χ3n) is 4.08. The normalized spacial score (nSPS) is 25.1. The Labute approximate surface area is 114 Å². The molecule has 0 aliphatic carbocycles. The highest BCUT2D eigenvalue weighted by atomic mass is 32.2. The van der Waals surface area contributed by atoms with Crippen molar-refractivity contribution in [3.05, 3.63) is 17.1 Å². The Morgan fingerprint density at radius 2 is 1.74 bits per heavy atom. The van der Waals surface area contributed by atoms with E-state index in [4.69, 9.17) is 10.2 Å². The Balaban J connectivity index is 2.46. The van der Waals surface area contributed by atoms with Crippen molar-refractivity contribution < 1.29 is 12.8 Å². The summed E-state index contributed by atoms with van der Waals surface area (Å²) in [7, 11) is -3.50. The van der Waals surface area contributed by atoms with Crippen molar-refractivity contribution in [2.45, 2.75) is 39.1 Å². The lowest BCUT2D eigenvalue weighted by molar-refractivity contribution is 0.456. The molecule has 0 aromatic carbocycles. The fourth-order valence-electron chi connectivity index (χ4n) is 2.69. The van der Waals surface area contributed by atoms with E-state index >= 15 is 0 Å². The highest BCUT2D eigenvalue weighted by molar-refractivity contribution is 7.89. The third kappa shape index (κ3) is 2.32. The molecule has 1 fully saturated rings. The van der Waals surface area contributed by atoms with Gasteiger partial charge in [0.2, 0.25) is 10.0 Å². The summed E-state index contributed by atoms with van der Waals surface area (Å²) in [6, 6.07) is 0. The van der Waals surface area contributed by atoms with Crippen molar-refractivity contribution in [1.82, 2.24) is 4.31 Å². The molecule has 0 saturated carbocycles. The van der Waals surface area contributed by atoms with Gasteiger partial charge in [-0.3, -0.25) is 0 Å². The quantitative estimate of drug-likeness (QED) is 0.916. The molecule has 2 rings (SSSR count). The van der Waals surface area contributed by atoms with Crippen LogP contribution in [0.2, 0.25) is 0 Å². The zero-order valence-corrected chi connectivity index (χ0v) is 12.8. The predicted octanol–water partition coefficient (Wildman–Crippen LogP) is 1.63. The van der Waals surface area contributed by atoms with Crippen LogP contribution in [0, 0.1) is 25.7 Å². The molecular weight excluding hydrogens is 264 g/mol. The number of nitrogens with two attached hydrogens (primary N) is 1. The number of sulfonamides is 1. The molecule has 108 valence electrons. The molecule has 1 aliphatic heterocycles. The minimum Gasteiger partial charge on any atom is -0.465 e. The molecule has 0 amide bonds. The molecule has 1 aromatic rings. The SMILES string of the molecule is Cc1oc(C)c(S(=O)(=O)N2CC(C)C(C)C2)c1CN. The highest BCUT2D eigenvalue weighted by Crippen LogP contribution is 2.33. The van der Waals surface area contributed by atoms with Crippen LogP contribution >= 0.6 is 0 Å². The second kappa shape index (κ2) is 4.92. The van der Waals surface area contributed by atoms with Crippen LogP contribution in [0.4, 0.5) is 0 Å². The Morgan fingerprint density at radius 1 is 1.21 bits per heavy atom. The second-order valence-corrected chi connectivity index (χ2v) is 7.38. The van der Waals surface area contributed by atoms with E-state index < -0.39 is 10.0 Å². The lowest BCUT2D eigenvalue weighted by atomic mass is 10.0. The van der Waals surface area contributed by atoms with Gasteiger partial charge in [0.1, 0.15) is 16.4 Å². The fraction of sp³-hybridized carbons (Fsp3) is 0.692. The van der Waals surface area contributed by atoms with Gasteiger partial charge < -0.3 is 10.2 Å². The summed E-state index contributed by atoms with van der Waals surface area (Å²) in [5, 5.41) is 0. The van der Waals surface area contributed by atoms with Gasteiger partial charge in [0.25, 0.3) is 0 Å². The van der Waals surface area contributed by atoms with Gasteiger partial charge in [-0.2, -0.15) is 4.31 Å². The van der Waals surface area contributed by atoms with E-state index in [0.717, 1.165) is 0 Å². The van der Waals surface area contributed by atoms with Crippen molar-refractivity contribution in [2.75, 3.05) is 13.1 Å². The first kappa shape index (κ1) is 14.6. The minimum atomic E-state index is -3.50. The minimum absolute atomic E-state index is 0.177. The highest BCUT2D eigenvalue weighted by Gasteiger charge is 2.38. The maximum atomic E-state index is 12.7. The molecular formula is C13H22N2O3S. The van der Waals surface area contributed by atoms with Gasteiger partial charge in [0, 0.05) is 25.2 Å². The van der Waals surface area contributed by atoms with Gasteiger partial charge in [0.15, 0.2) is 0 Å². The van der Waals surface area contributed by atoms with E-state index in [1.807, 2.05) is 0 Å². The predicted molar refractivity (Wildman–Crippen MR) is 73.2 cm³/mol. The monoisotopic (exact) mass is 286 g/mol. The molecule has 0 spiro atoms. The first-order valence-electron chi connectivity index (χ1n) is 6.58. The van der Waals surface area contributed by atoms with Gasteiger partial charge in [-0.05, 0) is 25.7 Å². The van der Waals surface area contributed by atoms with Crippen molar-refractivity contribution >= 4 is 10.0 Å². The molecule has 2 unspecified atom stereocenters. The van der Waals surface area contributed by atoms with E-state index in [1.165, 1.54) is 0 Å². The summed E-state index contributed by atoms with van der Waals surface area (Å²) < 4.78 is 32.5. The fourth-order valence-corrected chi connectivity index (χ4v) is 4.75. The van der Waals surface area contributed by atoms with Gasteiger partial charge >= 0.3 is 0 Å². The molecule has 1 aliphatic rings. The molecule has 5 nitrogen and oxygen atoms in total. The number of hydrogen-bond acceptors (Lipinski definition) is 4. The largest absolute Gasteiger partial charge is 0.465 e. The van der Waals surface area contributed by atoms with E-state index in [2.05, 4.69) is 13.8 Å². The van der Waals surface area contributed by atoms with Gasteiger partial charge in [-0.25, -0.2) is 8.42 Å². The van der Waals surface area contributed by atoms with Crippen LogP contribution in [0.5, 0.6) is 0 Å². The second-order valence-electron chi connectivity index (χ2n) is 5.50. The van der Waals surface area contributed by atoms with Crippen LogP contribution in [0.3, 0.4) is 0 Å². The number of hydrogen-bond donors (Lipinski definition) is 1. The molecule has 2 atom stereocenters. The zero-order chi connectivity index (χ0) is 14.4. The van der Waals surface area contributed by atoms with Crippen LogP contribution in [0.25, 0.3) is 0 Å². The summed E-state index contributed by atoms with van der Waals surface area (Å²) in [5.41, 5.74) is 6.27. The number of furan rings is 1. The van der Waals surface area contributed by atoms with E-state index in [0.29, 0.717) is 42.0 Å². The van der Waals surface area contributed by atoms with E-state index in [1.54, 1.807) is 18.2 Å². The molecule has 19 heavy (non-hydrogen) atoms. The number of aryl methyl sites for hydroxylation is 2. The van der Waals surface area contributed by atoms with Crippen LogP contribution in [0.1, 0.15) is 30.9 Å². The average Bonchev–Trinajstić information content (AvgIpc) is 2.80. The van der Waals surface area contributed by atoms with Gasteiger partial charge in [-0.15, -0.1) is 0 Å². The number of nitrogens with zero attached hydrogens (tertiary/aromatic N) is 1. The standard InChI is InChI=1S/C13H22N2O3S/c1-8-6-15(7-9(8)2)19(16,17)13-11(4)18-10(3)12(13)5-14/h8-9H,5-7,14H2,1-4H3. The zero-order valence-electron chi connectivity index (χ0n) is 11.9. The van der Waals surface area contributed by atoms with Crippen molar-refractivity contribution in [2.24, 2.45) is 17.6 Å². The molecule has 6 heteroatoms. The summed E-state index contributed by atoms with van der Waals surface area (Å²) in [6.45, 7) is 8.91. The van der Waals surface area contributed by atoms with Crippen LogP contribution in [-0.4, -0.2) is 25.8 Å². The van der Waals surface area contributed by atoms with Crippen LogP contribution in [-0.2, 0) is 16.6 Å². The molecule has 2 heterocycles. The number of rotatable bonds is 3. The first-order valence-corrected chi connectivity index (χ1v) is 8.02. The van der Waals surface area contributed by atoms with Crippen molar-refractivity contribution in [1.29, 1.82) is 0 Å². The van der Waals surface area contributed by atoms with Gasteiger partial charge in [0.05, 0.1) is 0 Å². The lowest BCUT2D eigenvalue weighted by Crippen LogP contribution is -2.30. The average molecular weight is 286 g/mol. The summed E-state index contributed by atoms with van der Waals surface area (Å²) >= 11 is 0. The third-order valence-corrected chi connectivity index (χ3v) is 6.11.